The molecule has 0 saturated carbocycles. The molecule has 0 amide bonds. The molecular formula is C27H24O6. The van der Waals surface area contributed by atoms with Gasteiger partial charge in [0.15, 0.2) is 6.61 Å². The summed E-state index contributed by atoms with van der Waals surface area (Å²) in [5.41, 5.74) is 4.12. The van der Waals surface area contributed by atoms with Gasteiger partial charge in [-0.25, -0.2) is 4.79 Å². The molecule has 0 fully saturated rings. The summed E-state index contributed by atoms with van der Waals surface area (Å²) >= 11 is 0. The summed E-state index contributed by atoms with van der Waals surface area (Å²) in [5, 5.41) is 0.323. The highest BCUT2D eigenvalue weighted by Gasteiger charge is 2.13. The number of fused-ring (bicyclic) bond motifs is 1. The van der Waals surface area contributed by atoms with E-state index in [1.54, 1.807) is 12.1 Å². The molecule has 6 nitrogen and oxygen atoms in total. The zero-order chi connectivity index (χ0) is 23.5. The molecule has 0 aliphatic rings. The number of benzene rings is 3. The summed E-state index contributed by atoms with van der Waals surface area (Å²) in [6.07, 6.45) is 1.26. The van der Waals surface area contributed by atoms with E-state index < -0.39 is 5.97 Å². The Morgan fingerprint density at radius 3 is 2.36 bits per heavy atom. The zero-order valence-electron chi connectivity index (χ0n) is 18.9. The van der Waals surface area contributed by atoms with E-state index in [4.69, 9.17) is 18.6 Å². The summed E-state index contributed by atoms with van der Waals surface area (Å²) in [4.78, 5) is 25.1. The van der Waals surface area contributed by atoms with Crippen LogP contribution in [0.15, 0.2) is 70.1 Å². The number of hydrogen-bond acceptors (Lipinski definition) is 6. The van der Waals surface area contributed by atoms with E-state index in [1.165, 1.54) is 18.4 Å². The van der Waals surface area contributed by atoms with Gasteiger partial charge in [-0.1, -0.05) is 18.2 Å². The van der Waals surface area contributed by atoms with E-state index >= 15 is 0 Å². The third-order valence-corrected chi connectivity index (χ3v) is 5.34. The molecule has 0 aliphatic heterocycles. The number of hydrogen-bond donors (Lipinski definition) is 0. The fourth-order valence-electron chi connectivity index (χ4n) is 3.27. The van der Waals surface area contributed by atoms with Crippen LogP contribution in [0.5, 0.6) is 23.0 Å². The first-order chi connectivity index (χ1) is 15.8. The second-order valence-corrected chi connectivity index (χ2v) is 7.97. The maximum atomic E-state index is 12.9. The predicted octanol–water partition coefficient (Wildman–Crippen LogP) is 5.80. The van der Waals surface area contributed by atoms with Crippen molar-refractivity contribution in [2.75, 3.05) is 6.61 Å². The summed E-state index contributed by atoms with van der Waals surface area (Å²) in [7, 11) is 0. The van der Waals surface area contributed by atoms with E-state index in [9.17, 15) is 9.59 Å². The number of carbonyl (C=O) groups excluding carboxylic acids is 1. The van der Waals surface area contributed by atoms with Gasteiger partial charge in [0, 0.05) is 6.07 Å². The molecule has 168 valence electrons. The van der Waals surface area contributed by atoms with Crippen molar-refractivity contribution in [3.63, 3.8) is 0 Å². The van der Waals surface area contributed by atoms with Gasteiger partial charge in [0.1, 0.15) is 29.1 Å². The largest absolute Gasteiger partial charge is 0.482 e. The SMILES string of the molecule is Cc1ccc(C)c(Oc2coc3cc(OC(=O)COc4ccc(C)c(C)c4)ccc3c2=O)c1. The maximum Gasteiger partial charge on any atom is 0.349 e. The van der Waals surface area contributed by atoms with Crippen molar-refractivity contribution in [3.8, 4) is 23.0 Å². The molecule has 33 heavy (non-hydrogen) atoms. The maximum absolute atomic E-state index is 12.9. The lowest BCUT2D eigenvalue weighted by molar-refractivity contribution is -0.136. The molecule has 0 unspecified atom stereocenters. The standard InChI is InChI=1S/C27H24O6/c1-16-5-6-18(3)23(11-16)33-25-14-31-24-13-21(9-10-22(24)27(25)29)32-26(28)15-30-20-8-7-17(2)19(4)12-20/h5-14H,15H2,1-4H3. The summed E-state index contributed by atoms with van der Waals surface area (Å²) < 4.78 is 22.2. The summed E-state index contributed by atoms with van der Waals surface area (Å²) in [6, 6.07) is 15.9. The van der Waals surface area contributed by atoms with Crippen molar-refractivity contribution in [1.29, 1.82) is 0 Å². The first-order valence-corrected chi connectivity index (χ1v) is 10.5. The van der Waals surface area contributed by atoms with Crippen LogP contribution >= 0.6 is 0 Å². The quantitative estimate of drug-likeness (QED) is 0.276. The normalized spacial score (nSPS) is 10.8. The molecule has 6 heteroatoms. The average molecular weight is 444 g/mol. The molecule has 0 saturated heterocycles. The number of rotatable bonds is 6. The summed E-state index contributed by atoms with van der Waals surface area (Å²) in [5.74, 6) is 0.960. The van der Waals surface area contributed by atoms with Crippen LogP contribution in [0.1, 0.15) is 22.3 Å². The second-order valence-electron chi connectivity index (χ2n) is 7.97. The molecule has 1 aromatic heterocycles. The Hall–Kier alpha value is -4.06. The highest BCUT2D eigenvalue weighted by Crippen LogP contribution is 2.27. The Balaban J connectivity index is 1.47. The van der Waals surface area contributed by atoms with Crippen LogP contribution in [-0.2, 0) is 4.79 Å². The van der Waals surface area contributed by atoms with E-state index in [0.717, 1.165) is 22.3 Å². The minimum absolute atomic E-state index is 0.0859. The van der Waals surface area contributed by atoms with Gasteiger partial charge in [0.2, 0.25) is 11.2 Å². The third kappa shape index (κ3) is 5.06. The van der Waals surface area contributed by atoms with Gasteiger partial charge in [0.05, 0.1) is 5.39 Å². The molecular weight excluding hydrogens is 420 g/mol. The van der Waals surface area contributed by atoms with E-state index in [0.29, 0.717) is 16.9 Å². The van der Waals surface area contributed by atoms with Crippen LogP contribution in [0.2, 0.25) is 0 Å². The van der Waals surface area contributed by atoms with Crippen molar-refractivity contribution >= 4 is 16.9 Å². The van der Waals surface area contributed by atoms with Crippen molar-refractivity contribution in [1.82, 2.24) is 0 Å². The number of carbonyl (C=O) groups is 1. The summed E-state index contributed by atoms with van der Waals surface area (Å²) in [6.45, 7) is 7.59. The molecule has 4 rings (SSSR count). The molecule has 0 aliphatic carbocycles. The van der Waals surface area contributed by atoms with Gasteiger partial charge in [-0.3, -0.25) is 4.79 Å². The third-order valence-electron chi connectivity index (χ3n) is 5.34. The van der Waals surface area contributed by atoms with Gasteiger partial charge in [-0.15, -0.1) is 0 Å². The molecule has 0 spiro atoms. The van der Waals surface area contributed by atoms with Gasteiger partial charge in [-0.05, 0) is 80.3 Å². The van der Waals surface area contributed by atoms with Crippen molar-refractivity contribution in [3.05, 3.63) is 93.3 Å². The van der Waals surface area contributed by atoms with Crippen LogP contribution < -0.4 is 19.6 Å². The van der Waals surface area contributed by atoms with Crippen LogP contribution in [0, 0.1) is 27.7 Å². The molecule has 3 aromatic carbocycles. The predicted molar refractivity (Wildman–Crippen MR) is 126 cm³/mol. The molecule has 0 N–H and O–H groups in total. The first-order valence-electron chi connectivity index (χ1n) is 10.5. The molecule has 1 heterocycles. The lowest BCUT2D eigenvalue weighted by atomic mass is 10.1. The van der Waals surface area contributed by atoms with E-state index in [-0.39, 0.29) is 29.1 Å². The Morgan fingerprint density at radius 2 is 1.58 bits per heavy atom. The van der Waals surface area contributed by atoms with Gasteiger partial charge >= 0.3 is 5.97 Å². The van der Waals surface area contributed by atoms with Crippen LogP contribution in [0.3, 0.4) is 0 Å². The van der Waals surface area contributed by atoms with Crippen molar-refractivity contribution < 1.29 is 23.4 Å². The minimum Gasteiger partial charge on any atom is -0.482 e. The molecule has 0 atom stereocenters. The Morgan fingerprint density at radius 1 is 0.818 bits per heavy atom. The smallest absolute Gasteiger partial charge is 0.349 e. The second kappa shape index (κ2) is 9.20. The first kappa shape index (κ1) is 22.1. The fourth-order valence-corrected chi connectivity index (χ4v) is 3.27. The highest BCUT2D eigenvalue weighted by atomic mass is 16.6. The van der Waals surface area contributed by atoms with Crippen LogP contribution in [0.4, 0.5) is 0 Å². The Bertz CT molecular complexity index is 1400. The average Bonchev–Trinajstić information content (AvgIpc) is 2.79. The molecule has 4 aromatic rings. The van der Waals surface area contributed by atoms with Gasteiger partial charge in [-0.2, -0.15) is 0 Å². The lowest BCUT2D eigenvalue weighted by Gasteiger charge is -2.10. The number of aryl methyl sites for hydroxylation is 4. The molecule has 0 bridgehead atoms. The number of ether oxygens (including phenoxy) is 3. The topological polar surface area (TPSA) is 75.0 Å². The van der Waals surface area contributed by atoms with E-state index in [1.807, 2.05) is 58.0 Å². The van der Waals surface area contributed by atoms with Crippen LogP contribution in [0.25, 0.3) is 11.0 Å². The fraction of sp³-hybridized carbons (Fsp3) is 0.185. The van der Waals surface area contributed by atoms with Crippen LogP contribution in [-0.4, -0.2) is 12.6 Å². The van der Waals surface area contributed by atoms with Crippen molar-refractivity contribution in [2.45, 2.75) is 27.7 Å². The molecule has 0 radical (unpaired) electrons. The number of esters is 1. The highest BCUT2D eigenvalue weighted by molar-refractivity contribution is 5.81. The van der Waals surface area contributed by atoms with Crippen molar-refractivity contribution in [2.24, 2.45) is 0 Å². The Labute approximate surface area is 191 Å². The monoisotopic (exact) mass is 444 g/mol. The minimum atomic E-state index is -0.565. The van der Waals surface area contributed by atoms with Gasteiger partial charge < -0.3 is 18.6 Å². The lowest BCUT2D eigenvalue weighted by Crippen LogP contribution is -2.17. The van der Waals surface area contributed by atoms with Gasteiger partial charge in [0.25, 0.3) is 0 Å². The van der Waals surface area contributed by atoms with E-state index in [2.05, 4.69) is 0 Å². The zero-order valence-corrected chi connectivity index (χ0v) is 18.9. The Kier molecular flexibility index (Phi) is 6.18.